The lowest BCUT2D eigenvalue weighted by atomic mass is 10.2. The molecule has 0 aliphatic carbocycles. The zero-order valence-corrected chi connectivity index (χ0v) is 11.5. The monoisotopic (exact) mass is 282 g/mol. The smallest absolute Gasteiger partial charge is 0.335 e. The summed E-state index contributed by atoms with van der Waals surface area (Å²) in [7, 11) is 0. The molecule has 3 rings (SSSR count). The molecular weight excluding hydrogens is 268 g/mol. The van der Waals surface area contributed by atoms with Crippen molar-refractivity contribution < 1.29 is 14.6 Å². The highest BCUT2D eigenvalue weighted by atomic mass is 16.5. The van der Waals surface area contributed by atoms with E-state index in [-0.39, 0.29) is 5.56 Å². The quantitative estimate of drug-likeness (QED) is 0.798. The van der Waals surface area contributed by atoms with Gasteiger partial charge in [0.15, 0.2) is 0 Å². The predicted molar refractivity (Wildman–Crippen MR) is 78.8 cm³/mol. The van der Waals surface area contributed by atoms with Crippen molar-refractivity contribution in [2.75, 3.05) is 6.61 Å². The zero-order valence-electron chi connectivity index (χ0n) is 11.5. The Bertz CT molecular complexity index is 791. The van der Waals surface area contributed by atoms with Gasteiger partial charge in [0.1, 0.15) is 11.4 Å². The predicted octanol–water partition coefficient (Wildman–Crippen LogP) is 3.10. The fraction of sp³-hybridized carbons (Fsp3) is 0.125. The average molecular weight is 282 g/mol. The van der Waals surface area contributed by atoms with Crippen LogP contribution in [0.2, 0.25) is 0 Å². The number of aromatic carboxylic acids is 1. The van der Waals surface area contributed by atoms with E-state index in [0.29, 0.717) is 12.3 Å². The van der Waals surface area contributed by atoms with Gasteiger partial charge in [-0.3, -0.25) is 0 Å². The molecule has 0 bridgehead atoms. The second-order valence-corrected chi connectivity index (χ2v) is 4.57. The van der Waals surface area contributed by atoms with Gasteiger partial charge in [0.05, 0.1) is 17.9 Å². The Balaban J connectivity index is 1.98. The number of hydrogen-bond donors (Lipinski definition) is 1. The van der Waals surface area contributed by atoms with Gasteiger partial charge in [-0.25, -0.2) is 9.78 Å². The van der Waals surface area contributed by atoms with Gasteiger partial charge in [0, 0.05) is 18.0 Å². The zero-order chi connectivity index (χ0) is 14.8. The first-order valence-electron chi connectivity index (χ1n) is 6.62. The molecule has 0 unspecified atom stereocenters. The number of rotatable bonds is 4. The second kappa shape index (κ2) is 5.28. The van der Waals surface area contributed by atoms with E-state index in [2.05, 4.69) is 4.98 Å². The molecule has 0 radical (unpaired) electrons. The minimum absolute atomic E-state index is 0.228. The SMILES string of the molecule is CCOc1ccc(-c2cn3ccc(C(=O)O)cc3n2)cc1. The van der Waals surface area contributed by atoms with Crippen LogP contribution in [0.1, 0.15) is 17.3 Å². The molecule has 0 atom stereocenters. The molecule has 1 aromatic carbocycles. The maximum absolute atomic E-state index is 11.0. The fourth-order valence-electron chi connectivity index (χ4n) is 2.14. The maximum atomic E-state index is 11.0. The van der Waals surface area contributed by atoms with Crippen molar-refractivity contribution in [3.05, 3.63) is 54.4 Å². The van der Waals surface area contributed by atoms with Crippen molar-refractivity contribution in [1.82, 2.24) is 9.38 Å². The van der Waals surface area contributed by atoms with E-state index in [1.165, 1.54) is 0 Å². The number of carboxylic acid groups (broad SMARTS) is 1. The number of nitrogens with zero attached hydrogens (tertiary/aromatic N) is 2. The van der Waals surface area contributed by atoms with E-state index in [1.54, 1.807) is 22.7 Å². The molecule has 5 nitrogen and oxygen atoms in total. The molecular formula is C16H14N2O3. The van der Waals surface area contributed by atoms with Crippen LogP contribution >= 0.6 is 0 Å². The summed E-state index contributed by atoms with van der Waals surface area (Å²) in [6.45, 7) is 2.57. The third-order valence-corrected chi connectivity index (χ3v) is 3.17. The molecule has 2 heterocycles. The van der Waals surface area contributed by atoms with Crippen LogP contribution in [0.15, 0.2) is 48.8 Å². The summed E-state index contributed by atoms with van der Waals surface area (Å²) in [6, 6.07) is 10.8. The fourth-order valence-corrected chi connectivity index (χ4v) is 2.14. The molecule has 0 saturated heterocycles. The number of benzene rings is 1. The highest BCUT2D eigenvalue weighted by Gasteiger charge is 2.08. The van der Waals surface area contributed by atoms with Gasteiger partial charge in [0.2, 0.25) is 0 Å². The molecule has 21 heavy (non-hydrogen) atoms. The third-order valence-electron chi connectivity index (χ3n) is 3.17. The summed E-state index contributed by atoms with van der Waals surface area (Å²) in [6.07, 6.45) is 3.57. The van der Waals surface area contributed by atoms with Gasteiger partial charge in [-0.05, 0) is 43.3 Å². The van der Waals surface area contributed by atoms with Crippen LogP contribution in [0.4, 0.5) is 0 Å². The number of aromatic nitrogens is 2. The first kappa shape index (κ1) is 13.2. The van der Waals surface area contributed by atoms with Gasteiger partial charge in [-0.1, -0.05) is 0 Å². The number of hydrogen-bond acceptors (Lipinski definition) is 3. The van der Waals surface area contributed by atoms with Gasteiger partial charge < -0.3 is 14.2 Å². The maximum Gasteiger partial charge on any atom is 0.335 e. The number of carboxylic acids is 1. The highest BCUT2D eigenvalue weighted by Crippen LogP contribution is 2.22. The summed E-state index contributed by atoms with van der Waals surface area (Å²) in [5.41, 5.74) is 2.59. The van der Waals surface area contributed by atoms with E-state index < -0.39 is 5.97 Å². The van der Waals surface area contributed by atoms with Crippen LogP contribution in [0.25, 0.3) is 16.9 Å². The first-order valence-corrected chi connectivity index (χ1v) is 6.62. The van der Waals surface area contributed by atoms with E-state index in [9.17, 15) is 4.79 Å². The minimum atomic E-state index is -0.955. The Hall–Kier alpha value is -2.82. The number of fused-ring (bicyclic) bond motifs is 1. The van der Waals surface area contributed by atoms with Crippen LogP contribution in [0, 0.1) is 0 Å². The Kier molecular flexibility index (Phi) is 3.31. The molecule has 0 spiro atoms. The van der Waals surface area contributed by atoms with E-state index >= 15 is 0 Å². The minimum Gasteiger partial charge on any atom is -0.494 e. The molecule has 0 saturated carbocycles. The highest BCUT2D eigenvalue weighted by molar-refractivity contribution is 5.88. The topological polar surface area (TPSA) is 63.8 Å². The number of imidazole rings is 1. The summed E-state index contributed by atoms with van der Waals surface area (Å²) in [4.78, 5) is 15.4. The standard InChI is InChI=1S/C16H14N2O3/c1-2-21-13-5-3-11(4-6-13)14-10-18-8-7-12(16(19)20)9-15(18)17-14/h3-10H,2H2,1H3,(H,19,20). The van der Waals surface area contributed by atoms with E-state index in [0.717, 1.165) is 17.0 Å². The van der Waals surface area contributed by atoms with Gasteiger partial charge in [-0.15, -0.1) is 0 Å². The van der Waals surface area contributed by atoms with Crippen LogP contribution in [0.5, 0.6) is 5.75 Å². The van der Waals surface area contributed by atoms with Crippen LogP contribution in [-0.4, -0.2) is 27.1 Å². The van der Waals surface area contributed by atoms with Gasteiger partial charge in [0.25, 0.3) is 0 Å². The molecule has 2 aromatic heterocycles. The lowest BCUT2D eigenvalue weighted by Gasteiger charge is -2.02. The Labute approximate surface area is 121 Å². The summed E-state index contributed by atoms with van der Waals surface area (Å²) >= 11 is 0. The first-order chi connectivity index (χ1) is 10.2. The molecule has 3 aromatic rings. The third kappa shape index (κ3) is 2.58. The average Bonchev–Trinajstić information content (AvgIpc) is 2.91. The van der Waals surface area contributed by atoms with Crippen LogP contribution in [0.3, 0.4) is 0 Å². The van der Waals surface area contributed by atoms with Crippen molar-refractivity contribution >= 4 is 11.6 Å². The molecule has 5 heteroatoms. The van der Waals surface area contributed by atoms with Crippen molar-refractivity contribution in [2.24, 2.45) is 0 Å². The Morgan fingerprint density at radius 2 is 2.05 bits per heavy atom. The van der Waals surface area contributed by atoms with Crippen molar-refractivity contribution in [2.45, 2.75) is 6.92 Å². The molecule has 0 aliphatic heterocycles. The number of pyridine rings is 1. The normalized spacial score (nSPS) is 10.7. The van der Waals surface area contributed by atoms with Crippen LogP contribution in [-0.2, 0) is 0 Å². The lowest BCUT2D eigenvalue weighted by Crippen LogP contribution is -1.96. The van der Waals surface area contributed by atoms with Gasteiger partial charge in [-0.2, -0.15) is 0 Å². The Morgan fingerprint density at radius 1 is 1.29 bits per heavy atom. The summed E-state index contributed by atoms with van der Waals surface area (Å²) < 4.78 is 7.21. The summed E-state index contributed by atoms with van der Waals surface area (Å²) in [5.74, 6) is -0.138. The van der Waals surface area contributed by atoms with E-state index in [1.807, 2.05) is 37.4 Å². The molecule has 0 aliphatic rings. The molecule has 0 amide bonds. The van der Waals surface area contributed by atoms with Crippen LogP contribution < -0.4 is 4.74 Å². The molecule has 106 valence electrons. The number of ether oxygens (including phenoxy) is 1. The van der Waals surface area contributed by atoms with E-state index in [4.69, 9.17) is 9.84 Å². The van der Waals surface area contributed by atoms with Gasteiger partial charge >= 0.3 is 5.97 Å². The van der Waals surface area contributed by atoms with Crippen molar-refractivity contribution in [3.63, 3.8) is 0 Å². The molecule has 1 N–H and O–H groups in total. The number of carbonyl (C=O) groups is 1. The van der Waals surface area contributed by atoms with Crippen molar-refractivity contribution in [3.8, 4) is 17.0 Å². The largest absolute Gasteiger partial charge is 0.494 e. The summed E-state index contributed by atoms with van der Waals surface area (Å²) in [5, 5.41) is 9.00. The van der Waals surface area contributed by atoms with Crippen molar-refractivity contribution in [1.29, 1.82) is 0 Å². The second-order valence-electron chi connectivity index (χ2n) is 4.57. The lowest BCUT2D eigenvalue weighted by molar-refractivity contribution is 0.0697. The Morgan fingerprint density at radius 3 is 2.71 bits per heavy atom. The molecule has 0 fully saturated rings.